The van der Waals surface area contributed by atoms with Gasteiger partial charge in [-0.05, 0) is 19.1 Å². The summed E-state index contributed by atoms with van der Waals surface area (Å²) < 4.78 is 10.5. The van der Waals surface area contributed by atoms with Gasteiger partial charge < -0.3 is 25.0 Å². The van der Waals surface area contributed by atoms with Crippen LogP contribution in [0.25, 0.3) is 0 Å². The summed E-state index contributed by atoms with van der Waals surface area (Å²) in [6.45, 7) is 3.29. The van der Waals surface area contributed by atoms with E-state index in [1.807, 2.05) is 6.07 Å². The summed E-state index contributed by atoms with van der Waals surface area (Å²) in [6.07, 6.45) is 0.576. The zero-order valence-corrected chi connectivity index (χ0v) is 11.3. The van der Waals surface area contributed by atoms with E-state index in [0.29, 0.717) is 31.9 Å². The molecule has 1 aliphatic heterocycles. The number of aromatic hydroxyl groups is 1. The molecule has 0 aromatic heterocycles. The normalized spacial score (nSPS) is 20.7. The lowest BCUT2D eigenvalue weighted by atomic mass is 10.0. The van der Waals surface area contributed by atoms with Crippen molar-refractivity contribution in [1.82, 2.24) is 5.32 Å². The van der Waals surface area contributed by atoms with E-state index in [1.165, 1.54) is 0 Å². The van der Waals surface area contributed by atoms with Crippen LogP contribution in [0.5, 0.6) is 11.5 Å². The third-order valence-electron chi connectivity index (χ3n) is 3.35. The van der Waals surface area contributed by atoms with Crippen LogP contribution in [0.2, 0.25) is 0 Å². The summed E-state index contributed by atoms with van der Waals surface area (Å²) in [5.41, 5.74) is 0.204. The number of rotatable bonds is 6. The van der Waals surface area contributed by atoms with Crippen LogP contribution in [-0.2, 0) is 4.74 Å². The van der Waals surface area contributed by atoms with Crippen LogP contribution < -0.4 is 10.1 Å². The molecule has 1 aromatic rings. The number of benzene rings is 1. The minimum absolute atomic E-state index is 0.0459. The van der Waals surface area contributed by atoms with Crippen molar-refractivity contribution in [3.8, 4) is 11.5 Å². The third kappa shape index (κ3) is 3.59. The molecule has 2 atom stereocenters. The summed E-state index contributed by atoms with van der Waals surface area (Å²) in [6, 6.07) is 5.15. The average molecular weight is 267 g/mol. The summed E-state index contributed by atoms with van der Waals surface area (Å²) >= 11 is 0. The largest absolute Gasteiger partial charge is 0.508 e. The fourth-order valence-electron chi connectivity index (χ4n) is 2.12. The van der Waals surface area contributed by atoms with E-state index in [4.69, 9.17) is 9.47 Å². The van der Waals surface area contributed by atoms with Gasteiger partial charge in [-0.3, -0.25) is 0 Å². The molecule has 1 aliphatic rings. The fraction of sp³-hybridized carbons (Fsp3) is 0.571. The Kier molecular flexibility index (Phi) is 4.29. The Morgan fingerprint density at radius 2 is 2.32 bits per heavy atom. The van der Waals surface area contributed by atoms with E-state index in [9.17, 15) is 10.2 Å². The monoisotopic (exact) mass is 267 g/mol. The molecule has 2 unspecified atom stereocenters. The minimum Gasteiger partial charge on any atom is -0.508 e. The van der Waals surface area contributed by atoms with Gasteiger partial charge in [-0.15, -0.1) is 0 Å². The molecule has 5 heteroatoms. The van der Waals surface area contributed by atoms with E-state index in [0.717, 1.165) is 5.56 Å². The number of phenolic OH excluding ortho intramolecular Hbond substituents is 1. The van der Waals surface area contributed by atoms with Crippen molar-refractivity contribution >= 4 is 0 Å². The molecular formula is C14H21NO4. The van der Waals surface area contributed by atoms with E-state index in [-0.39, 0.29) is 11.8 Å². The van der Waals surface area contributed by atoms with Gasteiger partial charge in [0.05, 0.1) is 11.6 Å². The van der Waals surface area contributed by atoms with Crippen LogP contribution in [-0.4, -0.2) is 42.7 Å². The van der Waals surface area contributed by atoms with Crippen LogP contribution in [0.4, 0.5) is 0 Å². The molecule has 106 valence electrons. The Balaban J connectivity index is 1.92. The molecule has 0 fully saturated rings. The second-order valence-corrected chi connectivity index (χ2v) is 5.21. The van der Waals surface area contributed by atoms with Crippen molar-refractivity contribution < 1.29 is 19.7 Å². The highest BCUT2D eigenvalue weighted by Crippen LogP contribution is 2.34. The number of hydrogen-bond acceptors (Lipinski definition) is 5. The Morgan fingerprint density at radius 1 is 1.53 bits per heavy atom. The zero-order chi connectivity index (χ0) is 13.9. The predicted molar refractivity (Wildman–Crippen MR) is 71.5 cm³/mol. The van der Waals surface area contributed by atoms with Crippen LogP contribution >= 0.6 is 0 Å². The van der Waals surface area contributed by atoms with Gasteiger partial charge in [-0.25, -0.2) is 0 Å². The molecule has 2 rings (SSSR count). The zero-order valence-electron chi connectivity index (χ0n) is 11.3. The molecule has 0 saturated carbocycles. The molecule has 0 spiro atoms. The fourth-order valence-corrected chi connectivity index (χ4v) is 2.12. The second kappa shape index (κ2) is 5.77. The Hall–Kier alpha value is -1.30. The van der Waals surface area contributed by atoms with Gasteiger partial charge >= 0.3 is 0 Å². The first kappa shape index (κ1) is 14.1. The SMILES string of the molecule is COCCC(C)(O)CNC1COc2cc(O)ccc21. The maximum Gasteiger partial charge on any atom is 0.127 e. The number of fused-ring (bicyclic) bond motifs is 1. The highest BCUT2D eigenvalue weighted by atomic mass is 16.5. The molecule has 0 bridgehead atoms. The van der Waals surface area contributed by atoms with E-state index >= 15 is 0 Å². The van der Waals surface area contributed by atoms with Gasteiger partial charge in [0.15, 0.2) is 0 Å². The molecule has 5 nitrogen and oxygen atoms in total. The maximum atomic E-state index is 10.2. The van der Waals surface area contributed by atoms with Crippen molar-refractivity contribution in [3.63, 3.8) is 0 Å². The predicted octanol–water partition coefficient (Wildman–Crippen LogP) is 1.20. The van der Waals surface area contributed by atoms with Gasteiger partial charge in [0.2, 0.25) is 0 Å². The molecule has 0 radical (unpaired) electrons. The number of nitrogens with one attached hydrogen (secondary N) is 1. The van der Waals surface area contributed by atoms with Gasteiger partial charge in [-0.2, -0.15) is 0 Å². The van der Waals surface area contributed by atoms with Gasteiger partial charge in [0.25, 0.3) is 0 Å². The standard InChI is InChI=1S/C14H21NO4/c1-14(17,5-6-18-2)9-15-12-8-19-13-7-10(16)3-4-11(12)13/h3-4,7,12,15-17H,5-6,8-9H2,1-2H3. The number of ether oxygens (including phenoxy) is 2. The maximum absolute atomic E-state index is 10.2. The first-order valence-corrected chi connectivity index (χ1v) is 6.42. The van der Waals surface area contributed by atoms with E-state index in [2.05, 4.69) is 5.32 Å². The smallest absolute Gasteiger partial charge is 0.127 e. The molecule has 19 heavy (non-hydrogen) atoms. The minimum atomic E-state index is -0.810. The Labute approximate surface area is 113 Å². The van der Waals surface area contributed by atoms with Crippen molar-refractivity contribution in [2.24, 2.45) is 0 Å². The quantitative estimate of drug-likeness (QED) is 0.722. The van der Waals surface area contributed by atoms with Crippen molar-refractivity contribution in [1.29, 1.82) is 0 Å². The summed E-state index contributed by atoms with van der Waals surface area (Å²) in [5, 5.41) is 22.9. The van der Waals surface area contributed by atoms with Gasteiger partial charge in [-0.1, -0.05) is 0 Å². The molecule has 1 heterocycles. The topological polar surface area (TPSA) is 71.0 Å². The van der Waals surface area contributed by atoms with Gasteiger partial charge in [0.1, 0.15) is 18.1 Å². The van der Waals surface area contributed by atoms with Crippen molar-refractivity contribution in [2.45, 2.75) is 25.0 Å². The molecule has 0 amide bonds. The number of hydrogen-bond donors (Lipinski definition) is 3. The number of phenols is 1. The highest BCUT2D eigenvalue weighted by molar-refractivity contribution is 5.44. The summed E-state index contributed by atoms with van der Waals surface area (Å²) in [7, 11) is 1.62. The van der Waals surface area contributed by atoms with Crippen LogP contribution in [0.3, 0.4) is 0 Å². The lowest BCUT2D eigenvalue weighted by Gasteiger charge is -2.25. The van der Waals surface area contributed by atoms with Crippen LogP contribution in [0, 0.1) is 0 Å². The lowest BCUT2D eigenvalue weighted by Crippen LogP contribution is -2.40. The van der Waals surface area contributed by atoms with Crippen molar-refractivity contribution in [2.75, 3.05) is 26.9 Å². The molecule has 0 saturated heterocycles. The van der Waals surface area contributed by atoms with Crippen molar-refractivity contribution in [3.05, 3.63) is 23.8 Å². The van der Waals surface area contributed by atoms with Crippen LogP contribution in [0.15, 0.2) is 18.2 Å². The third-order valence-corrected chi connectivity index (χ3v) is 3.35. The van der Waals surface area contributed by atoms with E-state index < -0.39 is 5.60 Å². The molecular weight excluding hydrogens is 246 g/mol. The Morgan fingerprint density at radius 3 is 3.05 bits per heavy atom. The number of methoxy groups -OCH3 is 1. The van der Waals surface area contributed by atoms with E-state index in [1.54, 1.807) is 26.2 Å². The molecule has 0 aliphatic carbocycles. The second-order valence-electron chi connectivity index (χ2n) is 5.21. The Bertz CT molecular complexity index is 433. The summed E-state index contributed by atoms with van der Waals surface area (Å²) in [5.74, 6) is 0.903. The average Bonchev–Trinajstić information content (AvgIpc) is 2.76. The molecule has 3 N–H and O–H groups in total. The summed E-state index contributed by atoms with van der Waals surface area (Å²) in [4.78, 5) is 0. The van der Waals surface area contributed by atoms with Crippen LogP contribution in [0.1, 0.15) is 24.9 Å². The lowest BCUT2D eigenvalue weighted by molar-refractivity contribution is 0.0222. The first-order valence-electron chi connectivity index (χ1n) is 6.42. The molecule has 1 aromatic carbocycles. The van der Waals surface area contributed by atoms with Gasteiger partial charge in [0, 0.05) is 38.3 Å². The number of aliphatic hydroxyl groups is 1. The first-order chi connectivity index (χ1) is 9.02. The highest BCUT2D eigenvalue weighted by Gasteiger charge is 2.27.